The van der Waals surface area contributed by atoms with Crippen molar-refractivity contribution in [2.24, 2.45) is 5.16 Å². The van der Waals surface area contributed by atoms with Crippen LogP contribution in [0.2, 0.25) is 0 Å². The van der Waals surface area contributed by atoms with Gasteiger partial charge in [0.25, 0.3) is 0 Å². The van der Waals surface area contributed by atoms with Crippen LogP contribution in [0.15, 0.2) is 35.6 Å². The molecule has 0 aliphatic carbocycles. The predicted octanol–water partition coefficient (Wildman–Crippen LogP) is 2.69. The molecule has 1 aromatic carbocycles. The first-order valence-corrected chi connectivity index (χ1v) is 5.52. The van der Waals surface area contributed by atoms with E-state index in [1.807, 2.05) is 13.8 Å². The van der Waals surface area contributed by atoms with E-state index in [4.69, 9.17) is 4.84 Å². The smallest absolute Gasteiger partial charge is 0.123 e. The van der Waals surface area contributed by atoms with Crippen LogP contribution in [0.4, 0.5) is 4.39 Å². The maximum atomic E-state index is 12.9. The Hall–Kier alpha value is -2.17. The van der Waals surface area contributed by atoms with E-state index in [0.29, 0.717) is 0 Å². The minimum absolute atomic E-state index is 0.263. The fourth-order valence-electron chi connectivity index (χ4n) is 1.79. The average Bonchev–Trinajstić information content (AvgIpc) is 2.73. The van der Waals surface area contributed by atoms with Gasteiger partial charge in [-0.05, 0) is 38.1 Å². The Morgan fingerprint density at radius 2 is 2.00 bits per heavy atom. The van der Waals surface area contributed by atoms with Crippen LogP contribution in [0.3, 0.4) is 0 Å². The molecule has 2 rings (SSSR count). The lowest BCUT2D eigenvalue weighted by Crippen LogP contribution is -2.02. The summed E-state index contributed by atoms with van der Waals surface area (Å²) in [5.74, 6) is -0.263. The zero-order valence-electron chi connectivity index (χ0n) is 10.5. The molecular weight excluding hydrogens is 233 g/mol. The van der Waals surface area contributed by atoms with Gasteiger partial charge in [-0.3, -0.25) is 0 Å². The van der Waals surface area contributed by atoms with Gasteiger partial charge in [-0.2, -0.15) is 5.10 Å². The number of nitrogens with zero attached hydrogens (tertiary/aromatic N) is 3. The molecule has 1 aromatic heterocycles. The lowest BCUT2D eigenvalue weighted by molar-refractivity contribution is 0.213. The highest BCUT2D eigenvalue weighted by atomic mass is 19.1. The molecule has 4 nitrogen and oxygen atoms in total. The summed E-state index contributed by atoms with van der Waals surface area (Å²) >= 11 is 0. The van der Waals surface area contributed by atoms with E-state index in [-0.39, 0.29) is 5.82 Å². The Labute approximate surface area is 105 Å². The Kier molecular flexibility index (Phi) is 3.41. The first kappa shape index (κ1) is 12.3. The summed E-state index contributed by atoms with van der Waals surface area (Å²) in [5, 5.41) is 8.16. The molecule has 0 saturated carbocycles. The van der Waals surface area contributed by atoms with Crippen molar-refractivity contribution in [3.8, 4) is 5.69 Å². The van der Waals surface area contributed by atoms with Crippen molar-refractivity contribution in [2.45, 2.75) is 13.8 Å². The minimum atomic E-state index is -0.263. The first-order valence-electron chi connectivity index (χ1n) is 5.52. The molecule has 0 radical (unpaired) electrons. The van der Waals surface area contributed by atoms with Crippen LogP contribution in [0.5, 0.6) is 0 Å². The number of oxime groups is 1. The van der Waals surface area contributed by atoms with Crippen LogP contribution in [0.1, 0.15) is 18.2 Å². The molecular formula is C13H14FN3O. The average molecular weight is 247 g/mol. The molecule has 2 aromatic rings. The van der Waals surface area contributed by atoms with E-state index in [1.54, 1.807) is 23.0 Å². The van der Waals surface area contributed by atoms with E-state index in [1.165, 1.54) is 19.2 Å². The zero-order valence-corrected chi connectivity index (χ0v) is 10.5. The number of rotatable bonds is 3. The van der Waals surface area contributed by atoms with Crippen LogP contribution in [-0.4, -0.2) is 22.6 Å². The van der Waals surface area contributed by atoms with Gasteiger partial charge in [-0.25, -0.2) is 9.07 Å². The maximum absolute atomic E-state index is 12.9. The molecule has 0 amide bonds. The Morgan fingerprint density at radius 3 is 2.61 bits per heavy atom. The highest BCUT2D eigenvalue weighted by molar-refractivity contribution is 5.99. The number of hydrogen-bond acceptors (Lipinski definition) is 3. The zero-order chi connectivity index (χ0) is 13.1. The second-order valence-corrected chi connectivity index (χ2v) is 3.89. The van der Waals surface area contributed by atoms with Crippen molar-refractivity contribution >= 4 is 5.71 Å². The first-order chi connectivity index (χ1) is 8.63. The van der Waals surface area contributed by atoms with Crippen molar-refractivity contribution in [3.63, 3.8) is 0 Å². The fourth-order valence-corrected chi connectivity index (χ4v) is 1.79. The van der Waals surface area contributed by atoms with Crippen LogP contribution < -0.4 is 0 Å². The summed E-state index contributed by atoms with van der Waals surface area (Å²) in [5.41, 5.74) is 3.40. The van der Waals surface area contributed by atoms with Crippen LogP contribution in [0, 0.1) is 12.7 Å². The van der Waals surface area contributed by atoms with Crippen LogP contribution >= 0.6 is 0 Å². The molecule has 0 aliphatic rings. The third-order valence-electron chi connectivity index (χ3n) is 2.70. The van der Waals surface area contributed by atoms with Crippen molar-refractivity contribution in [2.75, 3.05) is 7.11 Å². The highest BCUT2D eigenvalue weighted by Crippen LogP contribution is 2.15. The minimum Gasteiger partial charge on any atom is -0.399 e. The second-order valence-electron chi connectivity index (χ2n) is 3.89. The summed E-state index contributed by atoms with van der Waals surface area (Å²) < 4.78 is 14.6. The van der Waals surface area contributed by atoms with Gasteiger partial charge in [0.2, 0.25) is 0 Å². The highest BCUT2D eigenvalue weighted by Gasteiger charge is 2.10. The van der Waals surface area contributed by atoms with Gasteiger partial charge in [0.05, 0.1) is 23.3 Å². The molecule has 0 saturated heterocycles. The van der Waals surface area contributed by atoms with Gasteiger partial charge >= 0.3 is 0 Å². The molecule has 0 fully saturated rings. The second kappa shape index (κ2) is 5.00. The molecule has 94 valence electrons. The summed E-state index contributed by atoms with van der Waals surface area (Å²) in [4.78, 5) is 4.75. The van der Waals surface area contributed by atoms with E-state index >= 15 is 0 Å². The standard InChI is InChI=1S/C13H14FN3O/c1-9(16-18-3)13-8-15-17(10(13)2)12-6-4-11(14)5-7-12/h4-8H,1-3H3. The van der Waals surface area contributed by atoms with E-state index in [0.717, 1.165) is 22.7 Å². The van der Waals surface area contributed by atoms with E-state index < -0.39 is 0 Å². The quantitative estimate of drug-likeness (QED) is 0.618. The van der Waals surface area contributed by atoms with Gasteiger partial charge in [-0.1, -0.05) is 5.16 Å². The largest absolute Gasteiger partial charge is 0.399 e. The topological polar surface area (TPSA) is 39.4 Å². The summed E-state index contributed by atoms with van der Waals surface area (Å²) in [6.45, 7) is 3.78. The van der Waals surface area contributed by atoms with Gasteiger partial charge < -0.3 is 4.84 Å². The van der Waals surface area contributed by atoms with Gasteiger partial charge in [0, 0.05) is 5.56 Å². The van der Waals surface area contributed by atoms with Crippen molar-refractivity contribution in [3.05, 3.63) is 47.5 Å². The Bertz CT molecular complexity index is 572. The van der Waals surface area contributed by atoms with Gasteiger partial charge in [0.15, 0.2) is 0 Å². The molecule has 1 heterocycles. The molecule has 0 unspecified atom stereocenters. The summed E-state index contributed by atoms with van der Waals surface area (Å²) in [7, 11) is 1.50. The third-order valence-corrected chi connectivity index (χ3v) is 2.70. The summed E-state index contributed by atoms with van der Waals surface area (Å²) in [6.07, 6.45) is 1.72. The Morgan fingerprint density at radius 1 is 1.33 bits per heavy atom. The molecule has 0 atom stereocenters. The number of aromatic nitrogens is 2. The maximum Gasteiger partial charge on any atom is 0.123 e. The van der Waals surface area contributed by atoms with E-state index in [2.05, 4.69) is 10.3 Å². The van der Waals surface area contributed by atoms with Crippen molar-refractivity contribution in [1.82, 2.24) is 9.78 Å². The Balaban J connectivity index is 2.42. The van der Waals surface area contributed by atoms with Crippen LogP contribution in [0.25, 0.3) is 5.69 Å². The van der Waals surface area contributed by atoms with Crippen molar-refractivity contribution in [1.29, 1.82) is 0 Å². The van der Waals surface area contributed by atoms with E-state index in [9.17, 15) is 4.39 Å². The van der Waals surface area contributed by atoms with Gasteiger partial charge in [-0.15, -0.1) is 0 Å². The number of benzene rings is 1. The number of halogens is 1. The van der Waals surface area contributed by atoms with Gasteiger partial charge in [0.1, 0.15) is 12.9 Å². The monoisotopic (exact) mass is 247 g/mol. The fraction of sp³-hybridized carbons (Fsp3) is 0.231. The lowest BCUT2D eigenvalue weighted by Gasteiger charge is -2.05. The molecule has 5 heteroatoms. The molecule has 0 spiro atoms. The molecule has 0 bridgehead atoms. The van der Waals surface area contributed by atoms with Crippen LogP contribution in [-0.2, 0) is 4.84 Å². The predicted molar refractivity (Wildman–Crippen MR) is 67.5 cm³/mol. The SMILES string of the molecule is CON=C(C)c1cnn(-c2ccc(F)cc2)c1C. The normalized spacial score (nSPS) is 11.7. The summed E-state index contributed by atoms with van der Waals surface area (Å²) in [6, 6.07) is 6.18. The molecule has 18 heavy (non-hydrogen) atoms. The third kappa shape index (κ3) is 2.25. The van der Waals surface area contributed by atoms with Crippen molar-refractivity contribution < 1.29 is 9.23 Å². The molecule has 0 N–H and O–H groups in total. The number of hydrogen-bond donors (Lipinski definition) is 0. The lowest BCUT2D eigenvalue weighted by atomic mass is 10.2. The molecule has 0 aliphatic heterocycles.